The Morgan fingerprint density at radius 3 is 2.57 bits per heavy atom. The molecule has 3 aromatic rings. The molecule has 1 aromatic carbocycles. The number of aromatic nitrogens is 1. The van der Waals surface area contributed by atoms with Crippen LogP contribution in [-0.2, 0) is 11.3 Å². The van der Waals surface area contributed by atoms with E-state index in [1.807, 2.05) is 31.2 Å². The van der Waals surface area contributed by atoms with Gasteiger partial charge in [-0.25, -0.2) is 0 Å². The molecular weight excluding hydrogens is 356 g/mol. The Kier molecular flexibility index (Phi) is 4.53. The molecule has 0 aliphatic carbocycles. The molecule has 0 fully saturated rings. The second kappa shape index (κ2) is 7.15. The van der Waals surface area contributed by atoms with Gasteiger partial charge in [0.15, 0.2) is 11.5 Å². The molecule has 4 rings (SSSR count). The minimum atomic E-state index is -0.709. The van der Waals surface area contributed by atoms with E-state index in [4.69, 9.17) is 4.42 Å². The van der Waals surface area contributed by atoms with Gasteiger partial charge in [0.25, 0.3) is 5.91 Å². The van der Waals surface area contributed by atoms with Crippen LogP contribution >= 0.6 is 0 Å². The van der Waals surface area contributed by atoms with Gasteiger partial charge in [-0.1, -0.05) is 24.3 Å². The zero-order valence-electron chi connectivity index (χ0n) is 15.2. The second-order valence-corrected chi connectivity index (χ2v) is 6.62. The van der Waals surface area contributed by atoms with Gasteiger partial charge in [0.2, 0.25) is 5.78 Å². The number of aliphatic hydroxyl groups excluding tert-OH is 1. The van der Waals surface area contributed by atoms with Crippen LogP contribution in [0.4, 0.5) is 0 Å². The number of rotatable bonds is 5. The lowest BCUT2D eigenvalue weighted by Gasteiger charge is -2.27. The van der Waals surface area contributed by atoms with Crippen molar-refractivity contribution in [1.29, 1.82) is 0 Å². The molecule has 1 aliphatic heterocycles. The lowest BCUT2D eigenvalue weighted by atomic mass is 9.92. The van der Waals surface area contributed by atoms with Crippen molar-refractivity contribution in [3.63, 3.8) is 0 Å². The normalized spacial score (nSPS) is 16.7. The number of furan rings is 1. The van der Waals surface area contributed by atoms with Crippen LogP contribution in [0.2, 0.25) is 0 Å². The SMILES string of the molecule is Cc1ccccc1C1C(C(=O)c2ccco2)=C(O)C(=O)N1Cc1ccncc1. The summed E-state index contributed by atoms with van der Waals surface area (Å²) in [4.78, 5) is 31.5. The zero-order chi connectivity index (χ0) is 19.7. The van der Waals surface area contributed by atoms with Gasteiger partial charge in [-0.3, -0.25) is 14.6 Å². The molecule has 6 heteroatoms. The topological polar surface area (TPSA) is 83.6 Å². The molecule has 0 spiro atoms. The number of benzene rings is 1. The van der Waals surface area contributed by atoms with E-state index in [-0.39, 0.29) is 17.9 Å². The lowest BCUT2D eigenvalue weighted by Crippen LogP contribution is -2.31. The standard InChI is InChI=1S/C22H18N2O4/c1-14-5-2-3-6-16(14)19-18(20(25)17-7-4-12-28-17)21(26)22(27)24(19)13-15-8-10-23-11-9-15/h2-12,19,26H,13H2,1H3. The molecule has 28 heavy (non-hydrogen) atoms. The number of Topliss-reactive ketones (excluding diaryl/α,β-unsaturated/α-hetero) is 1. The molecule has 1 atom stereocenters. The Bertz CT molecular complexity index is 1060. The van der Waals surface area contributed by atoms with Gasteiger partial charge in [-0.15, -0.1) is 0 Å². The van der Waals surface area contributed by atoms with Crippen molar-refractivity contribution in [3.05, 3.63) is 101 Å². The fraction of sp³-hybridized carbons (Fsp3) is 0.136. The zero-order valence-corrected chi connectivity index (χ0v) is 15.2. The molecule has 1 aliphatic rings. The molecule has 0 saturated heterocycles. The summed E-state index contributed by atoms with van der Waals surface area (Å²) in [5.41, 5.74) is 2.58. The van der Waals surface area contributed by atoms with E-state index in [1.54, 1.807) is 30.6 Å². The number of nitrogens with zero attached hydrogens (tertiary/aromatic N) is 2. The predicted molar refractivity (Wildman–Crippen MR) is 101 cm³/mol. The van der Waals surface area contributed by atoms with Gasteiger partial charge in [0.1, 0.15) is 0 Å². The fourth-order valence-electron chi connectivity index (χ4n) is 3.49. The van der Waals surface area contributed by atoms with Gasteiger partial charge in [-0.2, -0.15) is 0 Å². The van der Waals surface area contributed by atoms with Gasteiger partial charge in [-0.05, 0) is 47.9 Å². The van der Waals surface area contributed by atoms with E-state index in [9.17, 15) is 14.7 Å². The minimum Gasteiger partial charge on any atom is -0.503 e. The first-order chi connectivity index (χ1) is 13.6. The molecule has 1 N–H and O–H groups in total. The Morgan fingerprint density at radius 1 is 1.14 bits per heavy atom. The smallest absolute Gasteiger partial charge is 0.290 e. The third-order valence-corrected chi connectivity index (χ3v) is 4.88. The van der Waals surface area contributed by atoms with Crippen molar-refractivity contribution >= 4 is 11.7 Å². The van der Waals surface area contributed by atoms with Crippen LogP contribution in [0.3, 0.4) is 0 Å². The summed E-state index contributed by atoms with van der Waals surface area (Å²) in [6, 6.07) is 13.5. The van der Waals surface area contributed by atoms with Gasteiger partial charge in [0.05, 0.1) is 17.9 Å². The maximum Gasteiger partial charge on any atom is 0.290 e. The molecule has 2 aromatic heterocycles. The molecule has 0 saturated carbocycles. The molecular formula is C22H18N2O4. The first-order valence-electron chi connectivity index (χ1n) is 8.84. The number of hydrogen-bond acceptors (Lipinski definition) is 5. The highest BCUT2D eigenvalue weighted by atomic mass is 16.3. The van der Waals surface area contributed by atoms with Crippen molar-refractivity contribution in [2.45, 2.75) is 19.5 Å². The maximum atomic E-state index is 13.1. The van der Waals surface area contributed by atoms with Crippen LogP contribution < -0.4 is 0 Å². The van der Waals surface area contributed by atoms with Crippen LogP contribution in [-0.4, -0.2) is 26.7 Å². The van der Waals surface area contributed by atoms with Crippen molar-refractivity contribution < 1.29 is 19.1 Å². The van der Waals surface area contributed by atoms with Gasteiger partial charge in [0, 0.05) is 18.9 Å². The minimum absolute atomic E-state index is 0.0308. The number of pyridine rings is 1. The quantitative estimate of drug-likeness (QED) is 0.688. The summed E-state index contributed by atoms with van der Waals surface area (Å²) in [7, 11) is 0. The summed E-state index contributed by atoms with van der Waals surface area (Å²) in [6.45, 7) is 2.15. The Balaban J connectivity index is 1.82. The van der Waals surface area contributed by atoms with Crippen molar-refractivity contribution in [2.24, 2.45) is 0 Å². The number of amides is 1. The molecule has 140 valence electrons. The molecule has 0 bridgehead atoms. The van der Waals surface area contributed by atoms with Crippen LogP contribution in [0.15, 0.2) is 82.9 Å². The Hall–Kier alpha value is -3.67. The Morgan fingerprint density at radius 2 is 1.89 bits per heavy atom. The number of hydrogen-bond donors (Lipinski definition) is 1. The number of carbonyl (C=O) groups excluding carboxylic acids is 2. The van der Waals surface area contributed by atoms with Crippen molar-refractivity contribution in [1.82, 2.24) is 9.88 Å². The predicted octanol–water partition coefficient (Wildman–Crippen LogP) is 3.76. The van der Waals surface area contributed by atoms with E-state index in [0.29, 0.717) is 0 Å². The summed E-state index contributed by atoms with van der Waals surface area (Å²) in [5, 5.41) is 10.6. The average Bonchev–Trinajstić information content (AvgIpc) is 3.32. The molecule has 3 heterocycles. The van der Waals surface area contributed by atoms with Crippen LogP contribution in [0.1, 0.15) is 33.3 Å². The third-order valence-electron chi connectivity index (χ3n) is 4.88. The van der Waals surface area contributed by atoms with E-state index in [2.05, 4.69) is 4.98 Å². The van der Waals surface area contributed by atoms with Gasteiger partial charge < -0.3 is 14.4 Å². The Labute approximate surface area is 161 Å². The van der Waals surface area contributed by atoms with Crippen molar-refractivity contribution in [2.75, 3.05) is 0 Å². The first-order valence-corrected chi connectivity index (χ1v) is 8.84. The highest BCUT2D eigenvalue weighted by Crippen LogP contribution is 2.40. The van der Waals surface area contributed by atoms with Gasteiger partial charge >= 0.3 is 0 Å². The number of aryl methyl sites for hydroxylation is 1. The van der Waals surface area contributed by atoms with E-state index < -0.39 is 23.5 Å². The molecule has 1 unspecified atom stereocenters. The van der Waals surface area contributed by atoms with Crippen LogP contribution in [0.5, 0.6) is 0 Å². The molecule has 0 radical (unpaired) electrons. The van der Waals surface area contributed by atoms with E-state index >= 15 is 0 Å². The summed E-state index contributed by atoms with van der Waals surface area (Å²) in [5.74, 6) is -1.54. The number of ketones is 1. The monoisotopic (exact) mass is 374 g/mol. The number of carbonyl (C=O) groups is 2. The average molecular weight is 374 g/mol. The van der Waals surface area contributed by atoms with E-state index in [0.717, 1.165) is 16.7 Å². The molecule has 1 amide bonds. The second-order valence-electron chi connectivity index (χ2n) is 6.62. The summed E-state index contributed by atoms with van der Waals surface area (Å²) >= 11 is 0. The lowest BCUT2D eigenvalue weighted by molar-refractivity contribution is -0.130. The van der Waals surface area contributed by atoms with Crippen LogP contribution in [0.25, 0.3) is 0 Å². The fourth-order valence-corrected chi connectivity index (χ4v) is 3.49. The maximum absolute atomic E-state index is 13.1. The van der Waals surface area contributed by atoms with Crippen molar-refractivity contribution in [3.8, 4) is 0 Å². The molecule has 6 nitrogen and oxygen atoms in total. The van der Waals surface area contributed by atoms with Crippen LogP contribution in [0, 0.1) is 6.92 Å². The summed E-state index contributed by atoms with van der Waals surface area (Å²) in [6.07, 6.45) is 4.67. The summed E-state index contributed by atoms with van der Waals surface area (Å²) < 4.78 is 5.23. The third kappa shape index (κ3) is 2.99. The highest BCUT2D eigenvalue weighted by Gasteiger charge is 2.44. The highest BCUT2D eigenvalue weighted by molar-refractivity contribution is 6.15. The van der Waals surface area contributed by atoms with E-state index in [1.165, 1.54) is 17.2 Å². The first kappa shape index (κ1) is 17.7. The number of aliphatic hydroxyl groups is 1. The largest absolute Gasteiger partial charge is 0.503 e.